The molecule has 0 atom stereocenters. The van der Waals surface area contributed by atoms with Crippen LogP contribution in [-0.4, -0.2) is 33.9 Å². The third-order valence-corrected chi connectivity index (χ3v) is 3.59. The maximum atomic E-state index is 13.0. The summed E-state index contributed by atoms with van der Waals surface area (Å²) >= 11 is 0. The van der Waals surface area contributed by atoms with Crippen LogP contribution < -0.4 is 5.32 Å². The van der Waals surface area contributed by atoms with Gasteiger partial charge >= 0.3 is 0 Å². The molecule has 1 N–H and O–H groups in total. The van der Waals surface area contributed by atoms with Crippen molar-refractivity contribution >= 4 is 5.78 Å². The quantitative estimate of drug-likeness (QED) is 0.854. The molecule has 5 nitrogen and oxygen atoms in total. The first-order valence-corrected chi connectivity index (χ1v) is 6.54. The standard InChI is InChI=1S/C14H15FN4O/c1-9-4-11(15)3-2-10(9)5-14(20)13-8-19(18-17-13)12-6-16-7-12/h2-4,8,12,16H,5-7H2,1H3. The molecule has 1 fully saturated rings. The predicted octanol–water partition coefficient (Wildman–Crippen LogP) is 1.30. The van der Waals surface area contributed by atoms with E-state index in [1.165, 1.54) is 12.1 Å². The van der Waals surface area contributed by atoms with Gasteiger partial charge in [-0.15, -0.1) is 5.10 Å². The first kappa shape index (κ1) is 12.9. The van der Waals surface area contributed by atoms with Gasteiger partial charge in [0.2, 0.25) is 0 Å². The highest BCUT2D eigenvalue weighted by molar-refractivity contribution is 5.95. The summed E-state index contributed by atoms with van der Waals surface area (Å²) in [5.74, 6) is -0.389. The number of nitrogens with zero attached hydrogens (tertiary/aromatic N) is 3. The summed E-state index contributed by atoms with van der Waals surface area (Å²) in [5, 5.41) is 11.0. The van der Waals surface area contributed by atoms with Crippen molar-refractivity contribution in [3.05, 3.63) is 47.0 Å². The van der Waals surface area contributed by atoms with Crippen LogP contribution in [0.5, 0.6) is 0 Å². The fourth-order valence-electron chi connectivity index (χ4n) is 2.16. The SMILES string of the molecule is Cc1cc(F)ccc1CC(=O)c1cn(C2CNC2)nn1. The first-order valence-electron chi connectivity index (χ1n) is 6.54. The Labute approximate surface area is 115 Å². The monoisotopic (exact) mass is 274 g/mol. The van der Waals surface area contributed by atoms with Crippen molar-refractivity contribution in [3.63, 3.8) is 0 Å². The highest BCUT2D eigenvalue weighted by Crippen LogP contribution is 2.14. The predicted molar refractivity (Wildman–Crippen MR) is 71.1 cm³/mol. The summed E-state index contributed by atoms with van der Waals surface area (Å²) in [4.78, 5) is 12.2. The van der Waals surface area contributed by atoms with Crippen LogP contribution in [0, 0.1) is 12.7 Å². The van der Waals surface area contributed by atoms with E-state index in [0.717, 1.165) is 24.2 Å². The zero-order valence-electron chi connectivity index (χ0n) is 11.1. The van der Waals surface area contributed by atoms with E-state index in [0.29, 0.717) is 5.69 Å². The molecular formula is C14H15FN4O. The highest BCUT2D eigenvalue weighted by atomic mass is 19.1. The topological polar surface area (TPSA) is 59.8 Å². The number of ketones is 1. The summed E-state index contributed by atoms with van der Waals surface area (Å²) in [7, 11) is 0. The van der Waals surface area contributed by atoms with Gasteiger partial charge in [0, 0.05) is 19.5 Å². The number of hydrogen-bond acceptors (Lipinski definition) is 4. The Hall–Kier alpha value is -2.08. The maximum absolute atomic E-state index is 13.0. The number of Topliss-reactive ketones (excluding diaryl/α,β-unsaturated/α-hetero) is 1. The van der Waals surface area contributed by atoms with E-state index < -0.39 is 0 Å². The van der Waals surface area contributed by atoms with Gasteiger partial charge in [-0.2, -0.15) is 0 Å². The lowest BCUT2D eigenvalue weighted by molar-refractivity contribution is 0.0988. The van der Waals surface area contributed by atoms with Crippen molar-refractivity contribution in [3.8, 4) is 0 Å². The summed E-state index contributed by atoms with van der Waals surface area (Å²) in [6.07, 6.45) is 1.90. The molecule has 1 aliphatic rings. The zero-order valence-corrected chi connectivity index (χ0v) is 11.1. The van der Waals surface area contributed by atoms with Crippen LogP contribution in [0.4, 0.5) is 4.39 Å². The largest absolute Gasteiger partial charge is 0.312 e. The van der Waals surface area contributed by atoms with Crippen molar-refractivity contribution < 1.29 is 9.18 Å². The molecule has 0 radical (unpaired) electrons. The summed E-state index contributed by atoms with van der Waals surface area (Å²) < 4.78 is 14.8. The number of aryl methyl sites for hydroxylation is 1. The molecule has 3 rings (SSSR count). The number of nitrogens with one attached hydrogen (secondary N) is 1. The van der Waals surface area contributed by atoms with Crippen LogP contribution in [0.3, 0.4) is 0 Å². The lowest BCUT2D eigenvalue weighted by Gasteiger charge is -2.26. The molecule has 1 saturated heterocycles. The minimum Gasteiger partial charge on any atom is -0.312 e. The zero-order chi connectivity index (χ0) is 14.1. The van der Waals surface area contributed by atoms with Gasteiger partial charge in [-0.3, -0.25) is 4.79 Å². The Morgan fingerprint density at radius 2 is 2.30 bits per heavy atom. The smallest absolute Gasteiger partial charge is 0.189 e. The fourth-order valence-corrected chi connectivity index (χ4v) is 2.16. The molecule has 0 saturated carbocycles. The van der Waals surface area contributed by atoms with Gasteiger partial charge in [0.05, 0.1) is 12.2 Å². The Kier molecular flexibility index (Phi) is 3.31. The molecule has 2 heterocycles. The number of benzene rings is 1. The Bertz CT molecular complexity index is 648. The molecule has 104 valence electrons. The average Bonchev–Trinajstić information content (AvgIpc) is 2.80. The van der Waals surface area contributed by atoms with Gasteiger partial charge in [0.1, 0.15) is 11.5 Å². The van der Waals surface area contributed by atoms with E-state index in [2.05, 4.69) is 15.6 Å². The minimum absolute atomic E-state index is 0.0989. The van der Waals surface area contributed by atoms with Crippen molar-refractivity contribution in [2.24, 2.45) is 0 Å². The molecule has 2 aromatic rings. The number of hydrogen-bond donors (Lipinski definition) is 1. The molecule has 1 aliphatic heterocycles. The van der Waals surface area contributed by atoms with E-state index in [1.807, 2.05) is 0 Å². The van der Waals surface area contributed by atoms with Crippen LogP contribution in [0.2, 0.25) is 0 Å². The van der Waals surface area contributed by atoms with E-state index in [-0.39, 0.29) is 24.1 Å². The minimum atomic E-state index is -0.290. The molecule has 1 aromatic carbocycles. The summed E-state index contributed by atoms with van der Waals surface area (Å²) in [6.45, 7) is 3.50. The van der Waals surface area contributed by atoms with Crippen molar-refractivity contribution in [2.75, 3.05) is 13.1 Å². The third-order valence-electron chi connectivity index (χ3n) is 3.59. The number of aromatic nitrogens is 3. The Balaban J connectivity index is 1.73. The lowest BCUT2D eigenvalue weighted by atomic mass is 10.0. The second kappa shape index (κ2) is 5.13. The molecule has 6 heteroatoms. The van der Waals surface area contributed by atoms with E-state index in [1.54, 1.807) is 23.9 Å². The van der Waals surface area contributed by atoms with Crippen LogP contribution in [0.25, 0.3) is 0 Å². The van der Waals surface area contributed by atoms with E-state index >= 15 is 0 Å². The number of rotatable bonds is 4. The van der Waals surface area contributed by atoms with E-state index in [4.69, 9.17) is 0 Å². The molecule has 0 unspecified atom stereocenters. The van der Waals surface area contributed by atoms with Crippen molar-refractivity contribution in [1.82, 2.24) is 20.3 Å². The Morgan fingerprint density at radius 3 is 2.95 bits per heavy atom. The second-order valence-electron chi connectivity index (χ2n) is 5.07. The molecular weight excluding hydrogens is 259 g/mol. The molecule has 0 aliphatic carbocycles. The second-order valence-corrected chi connectivity index (χ2v) is 5.07. The number of halogens is 1. The van der Waals surface area contributed by atoms with Crippen LogP contribution >= 0.6 is 0 Å². The maximum Gasteiger partial charge on any atom is 0.189 e. The normalized spacial score (nSPS) is 15.1. The molecule has 0 bridgehead atoms. The molecule has 20 heavy (non-hydrogen) atoms. The van der Waals surface area contributed by atoms with Gasteiger partial charge in [0.15, 0.2) is 5.78 Å². The van der Waals surface area contributed by atoms with Crippen LogP contribution in [0.1, 0.15) is 27.7 Å². The molecule has 0 spiro atoms. The average molecular weight is 274 g/mol. The van der Waals surface area contributed by atoms with Gasteiger partial charge in [-0.05, 0) is 30.2 Å². The van der Waals surface area contributed by atoms with Crippen molar-refractivity contribution in [1.29, 1.82) is 0 Å². The molecule has 1 aromatic heterocycles. The number of carbonyl (C=O) groups is 1. The number of carbonyl (C=O) groups excluding carboxylic acids is 1. The lowest BCUT2D eigenvalue weighted by Crippen LogP contribution is -2.43. The van der Waals surface area contributed by atoms with Gasteiger partial charge < -0.3 is 5.32 Å². The highest BCUT2D eigenvalue weighted by Gasteiger charge is 2.21. The fraction of sp³-hybridized carbons (Fsp3) is 0.357. The van der Waals surface area contributed by atoms with Gasteiger partial charge in [-0.25, -0.2) is 9.07 Å². The van der Waals surface area contributed by atoms with Gasteiger partial charge in [-0.1, -0.05) is 11.3 Å². The van der Waals surface area contributed by atoms with Gasteiger partial charge in [0.25, 0.3) is 0 Å². The Morgan fingerprint density at radius 1 is 1.50 bits per heavy atom. The summed E-state index contributed by atoms with van der Waals surface area (Å²) in [6, 6.07) is 4.73. The van der Waals surface area contributed by atoms with Crippen LogP contribution in [0.15, 0.2) is 24.4 Å². The molecule has 0 amide bonds. The summed E-state index contributed by atoms with van der Waals surface area (Å²) in [5.41, 5.74) is 1.95. The van der Waals surface area contributed by atoms with Crippen molar-refractivity contribution in [2.45, 2.75) is 19.4 Å². The first-order chi connectivity index (χ1) is 9.63. The van der Waals surface area contributed by atoms with Crippen LogP contribution in [-0.2, 0) is 6.42 Å². The third kappa shape index (κ3) is 2.46. The van der Waals surface area contributed by atoms with E-state index in [9.17, 15) is 9.18 Å².